The van der Waals surface area contributed by atoms with E-state index in [1.807, 2.05) is 13.8 Å². The summed E-state index contributed by atoms with van der Waals surface area (Å²) in [5.74, 6) is 1.73. The highest BCUT2D eigenvalue weighted by Crippen LogP contribution is 2.19. The van der Waals surface area contributed by atoms with Gasteiger partial charge in [-0.2, -0.15) is 0 Å². The number of nitrogens with two attached hydrogens (primary N) is 1. The zero-order chi connectivity index (χ0) is 10.3. The van der Waals surface area contributed by atoms with Gasteiger partial charge in [0.15, 0.2) is 0 Å². The minimum atomic E-state index is 0.805. The monoisotopic (exact) mass is 186 g/mol. The van der Waals surface area contributed by atoms with Crippen LogP contribution in [0.25, 0.3) is 0 Å². The van der Waals surface area contributed by atoms with Crippen molar-refractivity contribution in [2.75, 3.05) is 26.2 Å². The summed E-state index contributed by atoms with van der Waals surface area (Å²) in [6, 6.07) is 0. The summed E-state index contributed by atoms with van der Waals surface area (Å²) < 4.78 is 0. The van der Waals surface area contributed by atoms with Gasteiger partial charge in [-0.15, -0.1) is 0 Å². The Kier molecular flexibility index (Phi) is 7.29. The van der Waals surface area contributed by atoms with Crippen molar-refractivity contribution in [3.05, 3.63) is 0 Å². The van der Waals surface area contributed by atoms with Gasteiger partial charge in [-0.3, -0.25) is 0 Å². The van der Waals surface area contributed by atoms with Crippen LogP contribution in [-0.4, -0.2) is 31.1 Å². The first-order chi connectivity index (χ1) is 6.22. The highest BCUT2D eigenvalue weighted by molar-refractivity contribution is 4.74. The van der Waals surface area contributed by atoms with E-state index in [0.29, 0.717) is 0 Å². The van der Waals surface area contributed by atoms with Crippen LogP contribution >= 0.6 is 0 Å². The summed E-state index contributed by atoms with van der Waals surface area (Å²) >= 11 is 0. The van der Waals surface area contributed by atoms with Gasteiger partial charge in [-0.1, -0.05) is 27.7 Å². The van der Waals surface area contributed by atoms with Gasteiger partial charge in [0.05, 0.1) is 0 Å². The zero-order valence-electron chi connectivity index (χ0n) is 9.71. The van der Waals surface area contributed by atoms with Gasteiger partial charge in [-0.05, 0) is 18.3 Å². The van der Waals surface area contributed by atoms with Crippen molar-refractivity contribution in [2.24, 2.45) is 17.6 Å². The molecule has 0 saturated carbocycles. The lowest BCUT2D eigenvalue weighted by molar-refractivity contribution is 0.145. The molecule has 0 aromatic rings. The van der Waals surface area contributed by atoms with E-state index in [4.69, 9.17) is 5.73 Å². The standard InChI is InChI=1S/C9H20N2.C2H6/c1-8-5-9(2)7-11(6-8)4-3-10;1-2/h8-9H,3-7,10H2,1-2H3;1-2H3. The van der Waals surface area contributed by atoms with Gasteiger partial charge in [-0.25, -0.2) is 0 Å². The number of rotatable bonds is 2. The Labute approximate surface area is 83.5 Å². The summed E-state index contributed by atoms with van der Waals surface area (Å²) in [5, 5.41) is 0. The first-order valence-corrected chi connectivity index (χ1v) is 5.64. The van der Waals surface area contributed by atoms with E-state index in [1.165, 1.54) is 19.5 Å². The molecule has 1 fully saturated rings. The van der Waals surface area contributed by atoms with Crippen LogP contribution in [0.3, 0.4) is 0 Å². The third-order valence-corrected chi connectivity index (χ3v) is 2.39. The third kappa shape index (κ3) is 5.27. The van der Waals surface area contributed by atoms with Crippen molar-refractivity contribution < 1.29 is 0 Å². The molecule has 1 aliphatic heterocycles. The SMILES string of the molecule is CC.CC1CC(C)CN(CCN)C1. The topological polar surface area (TPSA) is 29.3 Å². The van der Waals surface area contributed by atoms with Crippen molar-refractivity contribution in [1.82, 2.24) is 4.90 Å². The third-order valence-electron chi connectivity index (χ3n) is 2.39. The molecular weight excluding hydrogens is 160 g/mol. The normalized spacial score (nSPS) is 29.3. The molecule has 2 N–H and O–H groups in total. The van der Waals surface area contributed by atoms with Gasteiger partial charge in [0.2, 0.25) is 0 Å². The summed E-state index contributed by atoms with van der Waals surface area (Å²) in [6.45, 7) is 13.1. The maximum Gasteiger partial charge on any atom is 0.0105 e. The Morgan fingerprint density at radius 2 is 1.62 bits per heavy atom. The number of hydrogen-bond donors (Lipinski definition) is 1. The van der Waals surface area contributed by atoms with Crippen LogP contribution in [0.2, 0.25) is 0 Å². The lowest BCUT2D eigenvalue weighted by atomic mass is 9.92. The van der Waals surface area contributed by atoms with Gasteiger partial charge in [0.25, 0.3) is 0 Å². The summed E-state index contributed by atoms with van der Waals surface area (Å²) in [7, 11) is 0. The number of hydrogen-bond acceptors (Lipinski definition) is 2. The molecule has 2 nitrogen and oxygen atoms in total. The first-order valence-electron chi connectivity index (χ1n) is 5.64. The van der Waals surface area contributed by atoms with Crippen LogP contribution in [0.4, 0.5) is 0 Å². The second-order valence-electron chi connectivity index (χ2n) is 3.99. The highest BCUT2D eigenvalue weighted by atomic mass is 15.1. The van der Waals surface area contributed by atoms with Crippen molar-refractivity contribution in [2.45, 2.75) is 34.1 Å². The molecule has 0 aliphatic carbocycles. The van der Waals surface area contributed by atoms with Crippen LogP contribution in [0, 0.1) is 11.8 Å². The Morgan fingerprint density at radius 3 is 2.00 bits per heavy atom. The average molecular weight is 186 g/mol. The maximum atomic E-state index is 5.51. The number of likely N-dealkylation sites (tertiary alicyclic amines) is 1. The molecule has 2 heteroatoms. The Bertz CT molecular complexity index is 105. The molecule has 80 valence electrons. The Balaban J connectivity index is 0.000000671. The average Bonchev–Trinajstić information content (AvgIpc) is 2.06. The lowest BCUT2D eigenvalue weighted by Gasteiger charge is -2.34. The van der Waals surface area contributed by atoms with Crippen LogP contribution < -0.4 is 5.73 Å². The van der Waals surface area contributed by atoms with Gasteiger partial charge < -0.3 is 10.6 Å². The molecule has 1 heterocycles. The van der Waals surface area contributed by atoms with Crippen LogP contribution in [-0.2, 0) is 0 Å². The smallest absolute Gasteiger partial charge is 0.0105 e. The Morgan fingerprint density at radius 1 is 1.15 bits per heavy atom. The van der Waals surface area contributed by atoms with E-state index >= 15 is 0 Å². The van der Waals surface area contributed by atoms with Crippen molar-refractivity contribution in [3.8, 4) is 0 Å². The van der Waals surface area contributed by atoms with Crippen LogP contribution in [0.1, 0.15) is 34.1 Å². The van der Waals surface area contributed by atoms with Gasteiger partial charge in [0.1, 0.15) is 0 Å². The molecule has 1 rings (SSSR count). The molecule has 1 aliphatic rings. The Hall–Kier alpha value is -0.0800. The second-order valence-corrected chi connectivity index (χ2v) is 3.99. The predicted molar refractivity (Wildman–Crippen MR) is 59.8 cm³/mol. The minimum Gasteiger partial charge on any atom is -0.329 e. The molecule has 2 atom stereocenters. The van der Waals surface area contributed by atoms with Crippen molar-refractivity contribution in [3.63, 3.8) is 0 Å². The predicted octanol–water partition coefficient (Wildman–Crippen LogP) is 1.95. The molecule has 13 heavy (non-hydrogen) atoms. The maximum absolute atomic E-state index is 5.51. The molecule has 0 bridgehead atoms. The molecular formula is C11H26N2. The highest BCUT2D eigenvalue weighted by Gasteiger charge is 2.20. The van der Waals surface area contributed by atoms with Gasteiger partial charge in [0, 0.05) is 26.2 Å². The van der Waals surface area contributed by atoms with Crippen LogP contribution in [0.15, 0.2) is 0 Å². The largest absolute Gasteiger partial charge is 0.329 e. The molecule has 0 radical (unpaired) electrons. The van der Waals surface area contributed by atoms with Crippen molar-refractivity contribution >= 4 is 0 Å². The fraction of sp³-hybridized carbons (Fsp3) is 1.00. The quantitative estimate of drug-likeness (QED) is 0.714. The molecule has 1 saturated heterocycles. The number of nitrogens with zero attached hydrogens (tertiary/aromatic N) is 1. The van der Waals surface area contributed by atoms with E-state index in [2.05, 4.69) is 18.7 Å². The fourth-order valence-corrected chi connectivity index (χ4v) is 2.16. The van der Waals surface area contributed by atoms with Gasteiger partial charge >= 0.3 is 0 Å². The summed E-state index contributed by atoms with van der Waals surface area (Å²) in [5.41, 5.74) is 5.51. The van der Waals surface area contributed by atoms with E-state index in [0.717, 1.165) is 24.9 Å². The lowest BCUT2D eigenvalue weighted by Crippen LogP contribution is -2.41. The molecule has 2 unspecified atom stereocenters. The van der Waals surface area contributed by atoms with E-state index in [1.54, 1.807) is 0 Å². The first kappa shape index (κ1) is 12.9. The van der Waals surface area contributed by atoms with E-state index in [-0.39, 0.29) is 0 Å². The van der Waals surface area contributed by atoms with Crippen molar-refractivity contribution in [1.29, 1.82) is 0 Å². The molecule has 0 spiro atoms. The molecule has 0 amide bonds. The fourth-order valence-electron chi connectivity index (χ4n) is 2.16. The zero-order valence-corrected chi connectivity index (χ0v) is 9.71. The number of piperidine rings is 1. The molecule has 0 aromatic carbocycles. The molecule has 0 aromatic heterocycles. The van der Waals surface area contributed by atoms with E-state index < -0.39 is 0 Å². The summed E-state index contributed by atoms with van der Waals surface area (Å²) in [6.07, 6.45) is 1.39. The van der Waals surface area contributed by atoms with E-state index in [9.17, 15) is 0 Å². The second kappa shape index (κ2) is 7.34. The summed E-state index contributed by atoms with van der Waals surface area (Å²) in [4.78, 5) is 2.48. The minimum absolute atomic E-state index is 0.805. The van der Waals surface area contributed by atoms with Crippen LogP contribution in [0.5, 0.6) is 0 Å².